The highest BCUT2D eigenvalue weighted by atomic mass is 16.2. The summed E-state index contributed by atoms with van der Waals surface area (Å²) in [5.74, 6) is 0. The van der Waals surface area contributed by atoms with Crippen molar-refractivity contribution in [2.24, 2.45) is 4.99 Å². The molecule has 1 aliphatic heterocycles. The fourth-order valence-corrected chi connectivity index (χ4v) is 3.58. The first-order valence-electron chi connectivity index (χ1n) is 9.08. The summed E-state index contributed by atoms with van der Waals surface area (Å²) in [5.41, 5.74) is 3.74. The summed E-state index contributed by atoms with van der Waals surface area (Å²) in [6, 6.07) is 20.0. The molecule has 0 radical (unpaired) electrons. The fraction of sp³-hybridized carbons (Fsp3) is 0.136. The number of imidazole rings is 1. The summed E-state index contributed by atoms with van der Waals surface area (Å²) < 4.78 is 1.58. The third-order valence-electron chi connectivity index (χ3n) is 4.74. The molecule has 1 atom stereocenters. The first-order chi connectivity index (χ1) is 13.3. The summed E-state index contributed by atoms with van der Waals surface area (Å²) in [7, 11) is 0. The molecule has 3 aromatic rings. The van der Waals surface area contributed by atoms with Crippen molar-refractivity contribution in [3.05, 3.63) is 90.5 Å². The number of aromatic nitrogens is 2. The quantitative estimate of drug-likeness (QED) is 0.638. The Labute approximate surface area is 158 Å². The van der Waals surface area contributed by atoms with Gasteiger partial charge in [0.1, 0.15) is 12.0 Å². The molecular weight excluding hydrogens is 336 g/mol. The van der Waals surface area contributed by atoms with Gasteiger partial charge in [0.15, 0.2) is 5.70 Å². The molecule has 1 aromatic heterocycles. The van der Waals surface area contributed by atoms with Crippen LogP contribution in [0.1, 0.15) is 24.5 Å². The van der Waals surface area contributed by atoms with Crippen molar-refractivity contribution in [3.63, 3.8) is 0 Å². The smallest absolute Gasteiger partial charge is 0.245 e. The largest absolute Gasteiger partial charge is 0.439 e. The van der Waals surface area contributed by atoms with E-state index in [9.17, 15) is 4.79 Å². The van der Waals surface area contributed by atoms with E-state index in [0.29, 0.717) is 6.54 Å². The average molecular weight is 357 g/mol. The fourth-order valence-electron chi connectivity index (χ4n) is 3.58. The van der Waals surface area contributed by atoms with Crippen LogP contribution in [0.5, 0.6) is 0 Å². The molecule has 0 fully saturated rings. The Kier molecular flexibility index (Phi) is 4.52. The summed E-state index contributed by atoms with van der Waals surface area (Å²) in [4.78, 5) is 22.3. The number of quaternary nitrogens is 1. The minimum Gasteiger partial charge on any atom is -0.245 e. The number of amides is 1. The van der Waals surface area contributed by atoms with Crippen molar-refractivity contribution < 1.29 is 9.28 Å². The highest BCUT2D eigenvalue weighted by Gasteiger charge is 2.47. The van der Waals surface area contributed by atoms with Crippen LogP contribution in [0, 0.1) is 0 Å². The Morgan fingerprint density at radius 2 is 1.67 bits per heavy atom. The summed E-state index contributed by atoms with van der Waals surface area (Å²) in [6.07, 6.45) is 7.48. The molecule has 0 spiro atoms. The SMILES string of the molecule is CCC[N+]1(C(=O)n2ccnc2)C=NC(c2ccccc2)=C1c1ccccc1. The maximum atomic E-state index is 13.6. The normalized spacial score (nSPS) is 18.9. The Bertz CT molecular complexity index is 991. The predicted molar refractivity (Wildman–Crippen MR) is 107 cm³/mol. The molecule has 1 amide bonds. The van der Waals surface area contributed by atoms with Crippen LogP contribution >= 0.6 is 0 Å². The molecule has 5 heteroatoms. The van der Waals surface area contributed by atoms with Gasteiger partial charge in [0.2, 0.25) is 6.34 Å². The second kappa shape index (κ2) is 7.13. The van der Waals surface area contributed by atoms with E-state index in [4.69, 9.17) is 4.99 Å². The van der Waals surface area contributed by atoms with E-state index in [1.165, 1.54) is 0 Å². The van der Waals surface area contributed by atoms with Gasteiger partial charge in [-0.05, 0) is 18.6 Å². The summed E-state index contributed by atoms with van der Waals surface area (Å²) in [6.45, 7) is 2.71. The van der Waals surface area contributed by atoms with Crippen LogP contribution in [0.2, 0.25) is 0 Å². The number of nitrogens with zero attached hydrogens (tertiary/aromatic N) is 4. The second-order valence-corrected chi connectivity index (χ2v) is 6.52. The number of carbonyl (C=O) groups excluding carboxylic acids is 1. The van der Waals surface area contributed by atoms with Gasteiger partial charge in [0.25, 0.3) is 0 Å². The molecule has 27 heavy (non-hydrogen) atoms. The van der Waals surface area contributed by atoms with Crippen molar-refractivity contribution in [2.45, 2.75) is 13.3 Å². The Hall–Kier alpha value is -3.31. The average Bonchev–Trinajstić information content (AvgIpc) is 3.38. The van der Waals surface area contributed by atoms with Gasteiger partial charge in [-0.25, -0.2) is 14.3 Å². The Morgan fingerprint density at radius 3 is 2.26 bits per heavy atom. The standard InChI is InChI=1S/C22H21N4O/c1-2-15-26(22(27)25-14-13-23-16-25)17-24-20(18-9-5-3-6-10-18)21(26)19-11-7-4-8-12-19/h3-14,16-17H,2,15H2,1H3/q+1. The van der Waals surface area contributed by atoms with Gasteiger partial charge in [-0.1, -0.05) is 55.5 Å². The number of hydrogen-bond acceptors (Lipinski definition) is 3. The molecule has 0 bridgehead atoms. The van der Waals surface area contributed by atoms with E-state index in [2.05, 4.69) is 11.9 Å². The van der Waals surface area contributed by atoms with Crippen LogP contribution < -0.4 is 0 Å². The van der Waals surface area contributed by atoms with Crippen LogP contribution in [0.15, 0.2) is 84.4 Å². The van der Waals surface area contributed by atoms with Gasteiger partial charge < -0.3 is 0 Å². The summed E-state index contributed by atoms with van der Waals surface area (Å²) >= 11 is 0. The highest BCUT2D eigenvalue weighted by Crippen LogP contribution is 2.40. The number of hydrogen-bond donors (Lipinski definition) is 0. The van der Waals surface area contributed by atoms with Crippen molar-refractivity contribution in [3.8, 4) is 0 Å². The molecule has 134 valence electrons. The van der Waals surface area contributed by atoms with Gasteiger partial charge in [-0.15, -0.1) is 0 Å². The van der Waals surface area contributed by atoms with Gasteiger partial charge in [0.05, 0.1) is 6.54 Å². The number of carbonyl (C=O) groups is 1. The third kappa shape index (κ3) is 2.92. The Balaban J connectivity index is 1.97. The summed E-state index contributed by atoms with van der Waals surface area (Å²) in [5, 5.41) is 0. The lowest BCUT2D eigenvalue weighted by molar-refractivity contribution is -0.669. The van der Waals surface area contributed by atoms with Crippen LogP contribution in [-0.2, 0) is 0 Å². The monoisotopic (exact) mass is 357 g/mol. The van der Waals surface area contributed by atoms with E-state index in [1.54, 1.807) is 29.6 Å². The molecule has 0 aliphatic carbocycles. The van der Waals surface area contributed by atoms with Crippen LogP contribution in [0.3, 0.4) is 0 Å². The maximum Gasteiger partial charge on any atom is 0.439 e. The molecule has 0 saturated carbocycles. The van der Waals surface area contributed by atoms with E-state index in [-0.39, 0.29) is 10.5 Å². The first-order valence-corrected chi connectivity index (χ1v) is 9.08. The van der Waals surface area contributed by atoms with E-state index >= 15 is 0 Å². The van der Waals surface area contributed by atoms with Crippen LogP contribution in [0.4, 0.5) is 4.79 Å². The minimum absolute atomic E-state index is 0.0428. The molecule has 0 saturated heterocycles. The van der Waals surface area contributed by atoms with Crippen LogP contribution in [-0.4, -0.2) is 32.9 Å². The molecular formula is C22H21N4O+. The van der Waals surface area contributed by atoms with Gasteiger partial charge >= 0.3 is 6.03 Å². The zero-order valence-corrected chi connectivity index (χ0v) is 15.2. The third-order valence-corrected chi connectivity index (χ3v) is 4.74. The van der Waals surface area contributed by atoms with Crippen molar-refractivity contribution in [1.29, 1.82) is 0 Å². The lowest BCUT2D eigenvalue weighted by atomic mass is 10.0. The molecule has 2 aromatic carbocycles. The van der Waals surface area contributed by atoms with E-state index < -0.39 is 0 Å². The lowest BCUT2D eigenvalue weighted by Crippen LogP contribution is -2.51. The highest BCUT2D eigenvalue weighted by molar-refractivity contribution is 6.01. The van der Waals surface area contributed by atoms with E-state index in [1.807, 2.05) is 60.7 Å². The molecule has 0 N–H and O–H groups in total. The van der Waals surface area contributed by atoms with Gasteiger partial charge in [-0.3, -0.25) is 0 Å². The minimum atomic E-state index is -0.0807. The first kappa shape index (κ1) is 17.1. The topological polar surface area (TPSA) is 47.2 Å². The van der Waals surface area contributed by atoms with Crippen molar-refractivity contribution >= 4 is 23.8 Å². The number of aliphatic imine (C=N–C) groups is 1. The van der Waals surface area contributed by atoms with Gasteiger partial charge in [0, 0.05) is 23.5 Å². The zero-order valence-electron chi connectivity index (χ0n) is 15.2. The maximum absolute atomic E-state index is 13.6. The second-order valence-electron chi connectivity index (χ2n) is 6.52. The lowest BCUT2D eigenvalue weighted by Gasteiger charge is -2.29. The van der Waals surface area contributed by atoms with Crippen LogP contribution in [0.25, 0.3) is 11.4 Å². The molecule has 2 heterocycles. The van der Waals surface area contributed by atoms with Gasteiger partial charge in [-0.2, -0.15) is 9.48 Å². The Morgan fingerprint density at radius 1 is 1.00 bits per heavy atom. The van der Waals surface area contributed by atoms with E-state index in [0.717, 1.165) is 28.9 Å². The molecule has 5 nitrogen and oxygen atoms in total. The molecule has 4 rings (SSSR count). The zero-order chi connectivity index (χ0) is 18.7. The predicted octanol–water partition coefficient (Wildman–Crippen LogP) is 4.65. The number of rotatable bonds is 4. The van der Waals surface area contributed by atoms with Crippen molar-refractivity contribution in [1.82, 2.24) is 9.55 Å². The molecule has 1 aliphatic rings. The molecule has 1 unspecified atom stereocenters. The number of benzene rings is 2. The van der Waals surface area contributed by atoms with Crippen molar-refractivity contribution in [2.75, 3.05) is 6.54 Å².